The van der Waals surface area contributed by atoms with Gasteiger partial charge in [0.05, 0.1) is 24.8 Å². The third kappa shape index (κ3) is 5.16. The molecule has 37 heavy (non-hydrogen) atoms. The van der Waals surface area contributed by atoms with Gasteiger partial charge in [-0.25, -0.2) is 9.97 Å². The second-order valence-corrected chi connectivity index (χ2v) is 9.56. The molecule has 2 fully saturated rings. The number of methoxy groups -OCH3 is 1. The minimum Gasteiger partial charge on any atom is -0.497 e. The number of ether oxygens (including phenoxy) is 1. The third-order valence-corrected chi connectivity index (χ3v) is 7.11. The Morgan fingerprint density at radius 1 is 1.05 bits per heavy atom. The zero-order chi connectivity index (χ0) is 26.3. The molecule has 0 bridgehead atoms. The Morgan fingerprint density at radius 2 is 1.76 bits per heavy atom. The van der Waals surface area contributed by atoms with Gasteiger partial charge in [-0.2, -0.15) is 13.2 Å². The summed E-state index contributed by atoms with van der Waals surface area (Å²) in [7, 11) is 1.47. The molecule has 0 aliphatic carbocycles. The van der Waals surface area contributed by atoms with Crippen molar-refractivity contribution >= 4 is 34.2 Å². The number of carbonyl (C=O) groups is 1. The lowest BCUT2D eigenvalue weighted by atomic mass is 10.1. The Morgan fingerprint density at radius 3 is 2.41 bits per heavy atom. The summed E-state index contributed by atoms with van der Waals surface area (Å²) in [5, 5.41) is 11.9. The highest BCUT2D eigenvalue weighted by Gasteiger charge is 2.40. The predicted octanol–water partition coefficient (Wildman–Crippen LogP) is 3.32. The van der Waals surface area contributed by atoms with Crippen LogP contribution in [-0.4, -0.2) is 89.3 Å². The summed E-state index contributed by atoms with van der Waals surface area (Å²) in [6.45, 7) is 2.40. The molecular weight excluding hydrogens is 511 g/mol. The van der Waals surface area contributed by atoms with E-state index in [4.69, 9.17) is 16.3 Å². The van der Waals surface area contributed by atoms with Gasteiger partial charge < -0.3 is 19.6 Å². The normalized spacial score (nSPS) is 21.0. The molecule has 8 nitrogen and oxygen atoms in total. The van der Waals surface area contributed by atoms with Crippen LogP contribution in [0.25, 0.3) is 10.9 Å². The van der Waals surface area contributed by atoms with Crippen LogP contribution in [0.3, 0.4) is 0 Å². The molecule has 12 heteroatoms. The lowest BCUT2D eigenvalue weighted by Crippen LogP contribution is -2.54. The fourth-order valence-electron chi connectivity index (χ4n) is 4.92. The number of alkyl halides is 3. The molecule has 5 rings (SSSR count). The summed E-state index contributed by atoms with van der Waals surface area (Å²) in [6.07, 6.45) is -5.52. The smallest absolute Gasteiger partial charge is 0.451 e. The van der Waals surface area contributed by atoms with E-state index >= 15 is 0 Å². The van der Waals surface area contributed by atoms with Crippen LogP contribution in [0.5, 0.6) is 5.75 Å². The standard InChI is InChI=1S/C25H25ClF3N5O3/c1-37-17-6-7-19-18(12-17)22(31-24(30-19)25(27,28)29)34-13-20(21(35)14-34)32-8-10-33(11-9-32)23(36)15-2-4-16(26)5-3-15/h2-7,12,20-21,35H,8-11,13-14H2,1H3/t20-,21-/m0/s1. The molecular formula is C25H25ClF3N5O3. The van der Waals surface area contributed by atoms with Gasteiger partial charge in [0.2, 0.25) is 5.82 Å². The summed E-state index contributed by atoms with van der Waals surface area (Å²) in [5.74, 6) is -0.748. The molecule has 0 spiro atoms. The van der Waals surface area contributed by atoms with Crippen molar-refractivity contribution in [2.75, 3.05) is 51.3 Å². The largest absolute Gasteiger partial charge is 0.497 e. The van der Waals surface area contributed by atoms with E-state index in [0.29, 0.717) is 47.9 Å². The molecule has 2 atom stereocenters. The average molecular weight is 536 g/mol. The fourth-order valence-corrected chi connectivity index (χ4v) is 5.05. The van der Waals surface area contributed by atoms with Gasteiger partial charge in [0.25, 0.3) is 5.91 Å². The van der Waals surface area contributed by atoms with Crippen LogP contribution in [0.2, 0.25) is 5.02 Å². The van der Waals surface area contributed by atoms with E-state index in [1.165, 1.54) is 13.2 Å². The Hall–Kier alpha value is -3.15. The van der Waals surface area contributed by atoms with E-state index in [-0.39, 0.29) is 36.4 Å². The second-order valence-electron chi connectivity index (χ2n) is 9.13. The van der Waals surface area contributed by atoms with Gasteiger partial charge >= 0.3 is 6.18 Å². The number of carbonyl (C=O) groups excluding carboxylic acids is 1. The molecule has 2 aliphatic rings. The van der Waals surface area contributed by atoms with Crippen molar-refractivity contribution in [2.45, 2.75) is 18.3 Å². The van der Waals surface area contributed by atoms with Crippen molar-refractivity contribution in [3.05, 3.63) is 58.9 Å². The van der Waals surface area contributed by atoms with Crippen LogP contribution in [0.15, 0.2) is 42.5 Å². The summed E-state index contributed by atoms with van der Waals surface area (Å²) in [4.78, 5) is 25.9. The summed E-state index contributed by atoms with van der Waals surface area (Å²) in [6, 6.07) is 11.0. The summed E-state index contributed by atoms with van der Waals surface area (Å²) >= 11 is 5.91. The van der Waals surface area contributed by atoms with Crippen LogP contribution < -0.4 is 9.64 Å². The van der Waals surface area contributed by atoms with Crippen molar-refractivity contribution in [2.24, 2.45) is 0 Å². The first-order chi connectivity index (χ1) is 17.6. The molecule has 2 aliphatic heterocycles. The number of aromatic nitrogens is 2. The molecule has 2 aromatic carbocycles. The molecule has 1 amide bonds. The van der Waals surface area contributed by atoms with Gasteiger partial charge in [0, 0.05) is 55.2 Å². The molecule has 3 heterocycles. The molecule has 1 N–H and O–H groups in total. The number of β-amino-alcohol motifs (C(OH)–C–C–N with tert-alkyl or cyclic N) is 1. The number of nitrogens with zero attached hydrogens (tertiary/aromatic N) is 5. The van der Waals surface area contributed by atoms with E-state index in [1.807, 2.05) is 0 Å². The van der Waals surface area contributed by atoms with Crippen molar-refractivity contribution in [1.29, 1.82) is 0 Å². The highest BCUT2D eigenvalue weighted by Crippen LogP contribution is 2.35. The van der Waals surface area contributed by atoms with E-state index in [9.17, 15) is 23.1 Å². The Bertz CT molecular complexity index is 1300. The van der Waals surface area contributed by atoms with Gasteiger partial charge in [0.15, 0.2) is 0 Å². The van der Waals surface area contributed by atoms with Crippen LogP contribution in [-0.2, 0) is 6.18 Å². The first-order valence-electron chi connectivity index (χ1n) is 11.8. The van der Waals surface area contributed by atoms with Crippen LogP contribution in [0, 0.1) is 0 Å². The lowest BCUT2D eigenvalue weighted by molar-refractivity contribution is -0.144. The quantitative estimate of drug-likeness (QED) is 0.549. The maximum absolute atomic E-state index is 13.6. The van der Waals surface area contributed by atoms with Gasteiger partial charge in [0.1, 0.15) is 11.6 Å². The molecule has 0 radical (unpaired) electrons. The first-order valence-corrected chi connectivity index (χ1v) is 12.2. The van der Waals surface area contributed by atoms with Crippen LogP contribution in [0.4, 0.5) is 19.0 Å². The number of anilines is 1. The average Bonchev–Trinajstić information content (AvgIpc) is 3.28. The lowest BCUT2D eigenvalue weighted by Gasteiger charge is -2.38. The van der Waals surface area contributed by atoms with Gasteiger partial charge in [-0.1, -0.05) is 11.6 Å². The van der Waals surface area contributed by atoms with E-state index in [1.54, 1.807) is 46.2 Å². The van der Waals surface area contributed by atoms with E-state index in [0.717, 1.165) is 0 Å². The minimum absolute atomic E-state index is 0.0917. The van der Waals surface area contributed by atoms with Gasteiger partial charge in [-0.3, -0.25) is 9.69 Å². The number of fused-ring (bicyclic) bond motifs is 1. The summed E-state index contributed by atoms with van der Waals surface area (Å²) in [5.41, 5.74) is 0.696. The van der Waals surface area contributed by atoms with E-state index in [2.05, 4.69) is 14.9 Å². The van der Waals surface area contributed by atoms with Crippen molar-refractivity contribution in [3.8, 4) is 5.75 Å². The zero-order valence-electron chi connectivity index (χ0n) is 20.0. The maximum atomic E-state index is 13.6. The van der Waals surface area contributed by atoms with Crippen molar-refractivity contribution in [1.82, 2.24) is 19.8 Å². The fraction of sp³-hybridized carbons (Fsp3) is 0.400. The minimum atomic E-state index is -4.71. The summed E-state index contributed by atoms with van der Waals surface area (Å²) < 4.78 is 45.9. The van der Waals surface area contributed by atoms with Gasteiger partial charge in [-0.15, -0.1) is 0 Å². The SMILES string of the molecule is COc1ccc2nc(C(F)(F)F)nc(N3C[C@H](O)[C@@H](N4CCN(C(=O)c5ccc(Cl)cc5)CC4)C3)c2c1. The number of piperazine rings is 1. The first kappa shape index (κ1) is 25.5. The second kappa shape index (κ2) is 9.96. The Labute approximate surface area is 216 Å². The number of hydrogen-bond acceptors (Lipinski definition) is 7. The number of aliphatic hydroxyl groups is 1. The Kier molecular flexibility index (Phi) is 6.86. The van der Waals surface area contributed by atoms with Crippen LogP contribution in [0.1, 0.15) is 16.2 Å². The third-order valence-electron chi connectivity index (χ3n) is 6.86. The topological polar surface area (TPSA) is 82.0 Å². The molecule has 2 saturated heterocycles. The Balaban J connectivity index is 1.33. The highest BCUT2D eigenvalue weighted by atomic mass is 35.5. The van der Waals surface area contributed by atoms with Gasteiger partial charge in [-0.05, 0) is 42.5 Å². The number of amides is 1. The number of benzene rings is 2. The number of rotatable bonds is 4. The maximum Gasteiger partial charge on any atom is 0.451 e. The number of hydrogen-bond donors (Lipinski definition) is 1. The van der Waals surface area contributed by atoms with E-state index < -0.39 is 18.1 Å². The highest BCUT2D eigenvalue weighted by molar-refractivity contribution is 6.30. The molecule has 0 unspecified atom stereocenters. The van der Waals surface area contributed by atoms with Crippen molar-refractivity contribution < 1.29 is 27.8 Å². The van der Waals surface area contributed by atoms with Crippen molar-refractivity contribution in [3.63, 3.8) is 0 Å². The molecule has 196 valence electrons. The molecule has 3 aromatic rings. The monoisotopic (exact) mass is 535 g/mol. The number of halogens is 4. The number of aliphatic hydroxyl groups excluding tert-OH is 1. The van der Waals surface area contributed by atoms with Crippen LogP contribution >= 0.6 is 11.6 Å². The molecule has 1 aromatic heterocycles. The zero-order valence-corrected chi connectivity index (χ0v) is 20.7. The molecule has 0 saturated carbocycles. The predicted molar refractivity (Wildman–Crippen MR) is 132 cm³/mol.